The van der Waals surface area contributed by atoms with E-state index in [0.29, 0.717) is 5.25 Å². The van der Waals surface area contributed by atoms with Crippen molar-refractivity contribution in [2.75, 3.05) is 12.8 Å². The molecule has 1 aromatic rings. The largest absolute Gasteiger partial charge is 0.466 e. The number of nitrogens with one attached hydrogen (secondary N) is 1. The molecule has 0 aliphatic carbocycles. The Labute approximate surface area is 104 Å². The number of rotatable bonds is 6. The van der Waals surface area contributed by atoms with Crippen LogP contribution in [-0.4, -0.2) is 18.1 Å². The lowest BCUT2D eigenvalue weighted by atomic mass is 10.2. The van der Waals surface area contributed by atoms with Gasteiger partial charge in [-0.1, -0.05) is 6.92 Å². The molecule has 1 heterocycles. The van der Waals surface area contributed by atoms with Gasteiger partial charge in [0.05, 0.1) is 16.8 Å². The van der Waals surface area contributed by atoms with Gasteiger partial charge >= 0.3 is 0 Å². The van der Waals surface area contributed by atoms with Crippen molar-refractivity contribution in [1.29, 1.82) is 0 Å². The summed E-state index contributed by atoms with van der Waals surface area (Å²) in [7, 11) is 0. The third kappa shape index (κ3) is 4.21. The fourth-order valence-electron chi connectivity index (χ4n) is 1.33. The quantitative estimate of drug-likeness (QED) is 0.862. The molecule has 0 aromatic carbocycles. The van der Waals surface area contributed by atoms with E-state index in [9.17, 15) is 0 Å². The topological polar surface area (TPSA) is 25.2 Å². The van der Waals surface area contributed by atoms with Crippen LogP contribution in [0.3, 0.4) is 0 Å². The molecule has 0 aliphatic heterocycles. The number of halogens is 1. The summed E-state index contributed by atoms with van der Waals surface area (Å²) in [4.78, 5) is 0. The highest BCUT2D eigenvalue weighted by Crippen LogP contribution is 2.24. The summed E-state index contributed by atoms with van der Waals surface area (Å²) in [5.74, 6) is 0.979. The van der Waals surface area contributed by atoms with Crippen molar-refractivity contribution in [3.63, 3.8) is 0 Å². The zero-order chi connectivity index (χ0) is 11.3. The van der Waals surface area contributed by atoms with Gasteiger partial charge in [0, 0.05) is 5.25 Å². The Morgan fingerprint density at radius 1 is 1.53 bits per heavy atom. The number of hydrogen-bond donors (Lipinski definition) is 1. The van der Waals surface area contributed by atoms with Crippen LogP contribution >= 0.6 is 27.7 Å². The lowest BCUT2D eigenvalue weighted by Crippen LogP contribution is -2.21. The van der Waals surface area contributed by atoms with Crippen LogP contribution in [0.2, 0.25) is 0 Å². The SMILES string of the molecule is CSC(C)CCNC(C)c1occc1Br. The predicted octanol–water partition coefficient (Wildman–Crippen LogP) is 3.83. The van der Waals surface area contributed by atoms with Crippen LogP contribution in [0, 0.1) is 0 Å². The van der Waals surface area contributed by atoms with Crippen molar-refractivity contribution in [2.24, 2.45) is 0 Å². The molecule has 0 aliphatic rings. The highest BCUT2D eigenvalue weighted by atomic mass is 79.9. The summed E-state index contributed by atoms with van der Waals surface area (Å²) < 4.78 is 6.44. The molecule has 0 saturated heterocycles. The van der Waals surface area contributed by atoms with E-state index in [4.69, 9.17) is 4.42 Å². The van der Waals surface area contributed by atoms with Gasteiger partial charge in [0.25, 0.3) is 0 Å². The minimum absolute atomic E-state index is 0.267. The smallest absolute Gasteiger partial charge is 0.134 e. The third-order valence-corrected chi connectivity index (χ3v) is 4.14. The van der Waals surface area contributed by atoms with E-state index in [1.54, 1.807) is 6.26 Å². The first-order valence-corrected chi connectivity index (χ1v) is 7.22. The molecule has 4 heteroatoms. The van der Waals surface area contributed by atoms with Crippen LogP contribution < -0.4 is 5.32 Å². The minimum atomic E-state index is 0.267. The van der Waals surface area contributed by atoms with Gasteiger partial charge in [-0.2, -0.15) is 11.8 Å². The fraction of sp³-hybridized carbons (Fsp3) is 0.636. The Morgan fingerprint density at radius 3 is 2.80 bits per heavy atom. The molecule has 1 rings (SSSR count). The monoisotopic (exact) mass is 291 g/mol. The molecule has 2 nitrogen and oxygen atoms in total. The van der Waals surface area contributed by atoms with Crippen molar-refractivity contribution in [2.45, 2.75) is 31.6 Å². The van der Waals surface area contributed by atoms with E-state index in [2.05, 4.69) is 41.3 Å². The number of hydrogen-bond acceptors (Lipinski definition) is 3. The molecule has 0 fully saturated rings. The average molecular weight is 292 g/mol. The standard InChI is InChI=1S/C11H18BrNOS/c1-8(15-3)4-6-13-9(2)11-10(12)5-7-14-11/h5,7-9,13H,4,6H2,1-3H3. The van der Waals surface area contributed by atoms with Crippen LogP contribution in [0.4, 0.5) is 0 Å². The van der Waals surface area contributed by atoms with Gasteiger partial charge in [0.15, 0.2) is 0 Å². The normalized spacial score (nSPS) is 15.2. The molecule has 1 aromatic heterocycles. The second-order valence-corrected chi connectivity index (χ2v) is 5.77. The predicted molar refractivity (Wildman–Crippen MR) is 70.4 cm³/mol. The van der Waals surface area contributed by atoms with E-state index in [1.807, 2.05) is 17.8 Å². The molecule has 2 unspecified atom stereocenters. The Bertz CT molecular complexity index is 290. The van der Waals surface area contributed by atoms with Crippen molar-refractivity contribution in [3.05, 3.63) is 22.6 Å². The lowest BCUT2D eigenvalue weighted by molar-refractivity contribution is 0.427. The molecule has 0 spiro atoms. The second kappa shape index (κ2) is 6.61. The van der Waals surface area contributed by atoms with Gasteiger partial charge in [-0.15, -0.1) is 0 Å². The van der Waals surface area contributed by atoms with Crippen LogP contribution in [0.15, 0.2) is 21.2 Å². The summed E-state index contributed by atoms with van der Waals surface area (Å²) in [5.41, 5.74) is 0. The van der Waals surface area contributed by atoms with Crippen LogP contribution in [0.5, 0.6) is 0 Å². The van der Waals surface area contributed by atoms with Gasteiger partial charge in [-0.25, -0.2) is 0 Å². The first kappa shape index (κ1) is 13.1. The van der Waals surface area contributed by atoms with Crippen LogP contribution in [-0.2, 0) is 0 Å². The van der Waals surface area contributed by atoms with Gasteiger partial charge in [0.1, 0.15) is 5.76 Å². The summed E-state index contributed by atoms with van der Waals surface area (Å²) in [6.45, 7) is 5.39. The van der Waals surface area contributed by atoms with E-state index in [0.717, 1.165) is 16.8 Å². The maximum Gasteiger partial charge on any atom is 0.134 e. The second-order valence-electron chi connectivity index (χ2n) is 3.64. The maximum absolute atomic E-state index is 5.40. The highest BCUT2D eigenvalue weighted by Gasteiger charge is 2.12. The summed E-state index contributed by atoms with van der Waals surface area (Å²) in [5, 5.41) is 4.17. The number of furan rings is 1. The molecule has 0 amide bonds. The summed E-state index contributed by atoms with van der Waals surface area (Å²) >= 11 is 5.37. The van der Waals surface area contributed by atoms with Crippen molar-refractivity contribution < 1.29 is 4.42 Å². The first-order valence-electron chi connectivity index (χ1n) is 5.14. The molecule has 15 heavy (non-hydrogen) atoms. The average Bonchev–Trinajstić information content (AvgIpc) is 2.64. The van der Waals surface area contributed by atoms with Crippen LogP contribution in [0.25, 0.3) is 0 Å². The molecule has 1 N–H and O–H groups in total. The Kier molecular flexibility index (Phi) is 5.79. The first-order chi connectivity index (χ1) is 7.15. The Balaban J connectivity index is 2.31. The Hall–Kier alpha value is 0.0700. The van der Waals surface area contributed by atoms with Gasteiger partial charge in [-0.05, 0) is 48.1 Å². The molecule has 86 valence electrons. The molecule has 2 atom stereocenters. The summed E-state index contributed by atoms with van der Waals surface area (Å²) in [6, 6.07) is 2.20. The minimum Gasteiger partial charge on any atom is -0.466 e. The number of thioether (sulfide) groups is 1. The van der Waals surface area contributed by atoms with E-state index in [1.165, 1.54) is 6.42 Å². The van der Waals surface area contributed by atoms with Crippen LogP contribution in [0.1, 0.15) is 32.1 Å². The van der Waals surface area contributed by atoms with Gasteiger partial charge < -0.3 is 9.73 Å². The van der Waals surface area contributed by atoms with E-state index >= 15 is 0 Å². The zero-order valence-corrected chi connectivity index (χ0v) is 11.8. The van der Waals surface area contributed by atoms with Crippen molar-refractivity contribution in [1.82, 2.24) is 5.32 Å². The zero-order valence-electron chi connectivity index (χ0n) is 9.42. The van der Waals surface area contributed by atoms with E-state index < -0.39 is 0 Å². The summed E-state index contributed by atoms with van der Waals surface area (Å²) in [6.07, 6.45) is 5.04. The molecular formula is C11H18BrNOS. The molecular weight excluding hydrogens is 274 g/mol. The van der Waals surface area contributed by atoms with Crippen molar-refractivity contribution >= 4 is 27.7 Å². The molecule has 0 radical (unpaired) electrons. The van der Waals surface area contributed by atoms with Gasteiger partial charge in [-0.3, -0.25) is 0 Å². The Morgan fingerprint density at radius 2 is 2.27 bits per heavy atom. The highest BCUT2D eigenvalue weighted by molar-refractivity contribution is 9.10. The maximum atomic E-state index is 5.40. The molecule has 0 bridgehead atoms. The van der Waals surface area contributed by atoms with E-state index in [-0.39, 0.29) is 6.04 Å². The fourth-order valence-corrected chi connectivity index (χ4v) is 2.23. The third-order valence-electron chi connectivity index (χ3n) is 2.44. The molecule has 0 saturated carbocycles. The van der Waals surface area contributed by atoms with Crippen molar-refractivity contribution in [3.8, 4) is 0 Å². The van der Waals surface area contributed by atoms with Gasteiger partial charge in [0.2, 0.25) is 0 Å². The lowest BCUT2D eigenvalue weighted by Gasteiger charge is -2.13.